The Morgan fingerprint density at radius 2 is 1.61 bits per heavy atom. The maximum Gasteiger partial charge on any atom is 0.407 e. The molecule has 2 aromatic carbocycles. The average Bonchev–Trinajstić information content (AvgIpc) is 2.60. The molecule has 4 nitrogen and oxygen atoms in total. The van der Waals surface area contributed by atoms with E-state index in [1.807, 2.05) is 24.3 Å². The molecule has 2 atom stereocenters. The highest BCUT2D eigenvalue weighted by atomic mass is 79.9. The molecule has 0 aliphatic heterocycles. The third-order valence-electron chi connectivity index (χ3n) is 4.58. The molecule has 0 aromatic heterocycles. The van der Waals surface area contributed by atoms with Crippen LogP contribution >= 0.6 is 15.9 Å². The van der Waals surface area contributed by atoms with Gasteiger partial charge in [0.05, 0.1) is 12.1 Å². The third-order valence-corrected chi connectivity index (χ3v) is 5.11. The Balaban J connectivity index is 2.21. The minimum Gasteiger partial charge on any atom is -0.465 e. The van der Waals surface area contributed by atoms with E-state index in [0.29, 0.717) is 12.0 Å². The minimum absolute atomic E-state index is 0.0823. The van der Waals surface area contributed by atoms with Crippen molar-refractivity contribution in [1.29, 1.82) is 0 Å². The smallest absolute Gasteiger partial charge is 0.407 e. The number of benzene rings is 2. The van der Waals surface area contributed by atoms with Crippen LogP contribution in [0.5, 0.6) is 0 Å². The largest absolute Gasteiger partial charge is 0.465 e. The molecular formula is C22H27BrFNO3. The van der Waals surface area contributed by atoms with Crippen LogP contribution in [-0.2, 0) is 0 Å². The van der Waals surface area contributed by atoms with Crippen molar-refractivity contribution in [1.82, 2.24) is 4.90 Å². The monoisotopic (exact) mass is 451 g/mol. The lowest BCUT2D eigenvalue weighted by atomic mass is 9.84. The molecule has 0 spiro atoms. The fraction of sp³-hybridized carbons (Fsp3) is 0.409. The molecule has 1 unspecified atom stereocenters. The molecule has 1 amide bonds. The average molecular weight is 452 g/mol. The van der Waals surface area contributed by atoms with Crippen LogP contribution in [0, 0.1) is 11.2 Å². The molecular weight excluding hydrogens is 425 g/mol. The molecule has 0 radical (unpaired) electrons. The highest BCUT2D eigenvalue weighted by Crippen LogP contribution is 2.35. The van der Waals surface area contributed by atoms with Gasteiger partial charge in [-0.15, -0.1) is 0 Å². The van der Waals surface area contributed by atoms with Crippen molar-refractivity contribution < 1.29 is 19.4 Å². The van der Waals surface area contributed by atoms with Crippen LogP contribution in [0.15, 0.2) is 53.0 Å². The van der Waals surface area contributed by atoms with E-state index in [2.05, 4.69) is 36.7 Å². The van der Waals surface area contributed by atoms with Crippen LogP contribution in [0.4, 0.5) is 9.18 Å². The van der Waals surface area contributed by atoms with E-state index in [1.165, 1.54) is 29.2 Å². The Kier molecular flexibility index (Phi) is 7.61. The number of carboxylic acid groups (broad SMARTS) is 1. The molecule has 0 bridgehead atoms. The van der Waals surface area contributed by atoms with Crippen molar-refractivity contribution in [2.45, 2.75) is 45.8 Å². The van der Waals surface area contributed by atoms with Gasteiger partial charge in [-0.05, 0) is 53.6 Å². The van der Waals surface area contributed by atoms with Crippen LogP contribution < -0.4 is 0 Å². The number of halogens is 2. The predicted molar refractivity (Wildman–Crippen MR) is 112 cm³/mol. The SMILES string of the molecule is CC(C)(C)C[C@@H](c1ccc(Br)cc1)N(CCC(O)c1ccc(F)cc1)C(=O)O. The minimum atomic E-state index is -1.02. The lowest BCUT2D eigenvalue weighted by Gasteiger charge is -2.35. The number of aliphatic hydroxyl groups excluding tert-OH is 1. The second-order valence-corrected chi connectivity index (χ2v) is 9.08. The number of rotatable bonds is 7. The standard InChI is InChI=1S/C22H27BrFNO3/c1-22(2,3)14-19(15-4-8-17(23)9-5-15)25(21(27)28)13-12-20(26)16-6-10-18(24)11-7-16/h4-11,19-20,26H,12-14H2,1-3H3,(H,27,28)/t19-,20?/m0/s1. The summed E-state index contributed by atoms with van der Waals surface area (Å²) in [4.78, 5) is 13.4. The molecule has 28 heavy (non-hydrogen) atoms. The summed E-state index contributed by atoms with van der Waals surface area (Å²) in [5, 5.41) is 20.3. The maximum atomic E-state index is 13.1. The van der Waals surface area contributed by atoms with Crippen LogP contribution in [0.3, 0.4) is 0 Å². The summed E-state index contributed by atoms with van der Waals surface area (Å²) >= 11 is 3.41. The summed E-state index contributed by atoms with van der Waals surface area (Å²) in [6.45, 7) is 6.40. The van der Waals surface area contributed by atoms with Crippen molar-refractivity contribution in [3.63, 3.8) is 0 Å². The van der Waals surface area contributed by atoms with Gasteiger partial charge < -0.3 is 15.1 Å². The molecule has 2 rings (SSSR count). The molecule has 2 aromatic rings. The summed E-state index contributed by atoms with van der Waals surface area (Å²) in [6.07, 6.45) is -1.01. The second-order valence-electron chi connectivity index (χ2n) is 8.16. The normalized spacial score (nSPS) is 13.8. The van der Waals surface area contributed by atoms with E-state index in [1.54, 1.807) is 0 Å². The summed E-state index contributed by atoms with van der Waals surface area (Å²) < 4.78 is 14.0. The Morgan fingerprint density at radius 1 is 1.07 bits per heavy atom. The number of amides is 1. The van der Waals surface area contributed by atoms with Crippen molar-refractivity contribution >= 4 is 22.0 Å². The van der Waals surface area contributed by atoms with Gasteiger partial charge in [-0.2, -0.15) is 0 Å². The molecule has 6 heteroatoms. The van der Waals surface area contributed by atoms with Gasteiger partial charge in [0.15, 0.2) is 0 Å². The fourth-order valence-corrected chi connectivity index (χ4v) is 3.44. The van der Waals surface area contributed by atoms with Gasteiger partial charge in [0.25, 0.3) is 0 Å². The van der Waals surface area contributed by atoms with Gasteiger partial charge in [-0.3, -0.25) is 0 Å². The van der Waals surface area contributed by atoms with Gasteiger partial charge in [0.1, 0.15) is 5.82 Å². The molecule has 0 fully saturated rings. The molecule has 0 aliphatic carbocycles. The molecule has 0 aliphatic rings. The molecule has 2 N–H and O–H groups in total. The van der Waals surface area contributed by atoms with Crippen molar-refractivity contribution in [3.8, 4) is 0 Å². The van der Waals surface area contributed by atoms with Gasteiger partial charge >= 0.3 is 6.09 Å². The Morgan fingerprint density at radius 3 is 2.11 bits per heavy atom. The number of carbonyl (C=O) groups is 1. The molecule has 0 saturated carbocycles. The van der Waals surface area contributed by atoms with Crippen LogP contribution in [0.1, 0.15) is 56.9 Å². The van der Waals surface area contributed by atoms with Gasteiger partial charge in [-0.25, -0.2) is 9.18 Å². The van der Waals surface area contributed by atoms with E-state index in [0.717, 1.165) is 10.0 Å². The summed E-state index contributed by atoms with van der Waals surface area (Å²) in [5.41, 5.74) is 1.40. The Bertz CT molecular complexity index is 772. The van der Waals surface area contributed by atoms with E-state index >= 15 is 0 Å². The first-order chi connectivity index (χ1) is 13.1. The fourth-order valence-electron chi connectivity index (χ4n) is 3.17. The summed E-state index contributed by atoms with van der Waals surface area (Å²) in [7, 11) is 0. The second kappa shape index (κ2) is 9.52. The zero-order valence-electron chi connectivity index (χ0n) is 16.4. The van der Waals surface area contributed by atoms with Crippen LogP contribution in [-0.4, -0.2) is 27.8 Å². The van der Waals surface area contributed by atoms with Crippen molar-refractivity contribution in [3.05, 3.63) is 69.9 Å². The number of aliphatic hydroxyl groups is 1. The molecule has 0 heterocycles. The molecule has 152 valence electrons. The summed E-state index contributed by atoms with van der Waals surface area (Å²) in [5.74, 6) is -0.372. The zero-order valence-corrected chi connectivity index (χ0v) is 18.0. The number of nitrogens with zero attached hydrogens (tertiary/aromatic N) is 1. The first kappa shape index (κ1) is 22.4. The zero-order chi connectivity index (χ0) is 20.9. The number of hydrogen-bond acceptors (Lipinski definition) is 2. The lowest BCUT2D eigenvalue weighted by molar-refractivity contribution is 0.0902. The van der Waals surface area contributed by atoms with Crippen molar-refractivity contribution in [2.75, 3.05) is 6.54 Å². The first-order valence-corrected chi connectivity index (χ1v) is 10.0. The van der Waals surface area contributed by atoms with Crippen molar-refractivity contribution in [2.24, 2.45) is 5.41 Å². The maximum absolute atomic E-state index is 13.1. The summed E-state index contributed by atoms with van der Waals surface area (Å²) in [6, 6.07) is 12.9. The van der Waals surface area contributed by atoms with Crippen LogP contribution in [0.2, 0.25) is 0 Å². The number of hydrogen-bond donors (Lipinski definition) is 2. The quantitative estimate of drug-likeness (QED) is 0.528. The molecule has 0 saturated heterocycles. The van der Waals surface area contributed by atoms with E-state index in [4.69, 9.17) is 0 Å². The first-order valence-electron chi connectivity index (χ1n) is 9.25. The van der Waals surface area contributed by atoms with E-state index in [9.17, 15) is 19.4 Å². The predicted octanol–water partition coefficient (Wildman–Crippen LogP) is 6.17. The topological polar surface area (TPSA) is 60.8 Å². The van der Waals surface area contributed by atoms with Gasteiger partial charge in [-0.1, -0.05) is 61.0 Å². The Hall–Kier alpha value is -1.92. The van der Waals surface area contributed by atoms with Crippen LogP contribution in [0.25, 0.3) is 0 Å². The Labute approximate surface area is 174 Å². The highest BCUT2D eigenvalue weighted by Gasteiger charge is 2.29. The third kappa shape index (κ3) is 6.60. The lowest BCUT2D eigenvalue weighted by Crippen LogP contribution is -2.37. The van der Waals surface area contributed by atoms with E-state index < -0.39 is 12.2 Å². The van der Waals surface area contributed by atoms with Gasteiger partial charge in [0, 0.05) is 11.0 Å². The van der Waals surface area contributed by atoms with E-state index in [-0.39, 0.29) is 30.2 Å². The van der Waals surface area contributed by atoms with Gasteiger partial charge in [0.2, 0.25) is 0 Å². The highest BCUT2D eigenvalue weighted by molar-refractivity contribution is 9.10.